The summed E-state index contributed by atoms with van der Waals surface area (Å²) < 4.78 is 6.63. The fraction of sp³-hybridized carbons (Fsp3) is 0.143. The Hall–Kier alpha value is -3.05. The third-order valence-corrected chi connectivity index (χ3v) is 4.34. The molecule has 0 atom stereocenters. The van der Waals surface area contributed by atoms with Crippen LogP contribution in [0.5, 0.6) is 5.75 Å². The van der Waals surface area contributed by atoms with E-state index < -0.39 is 0 Å². The molecule has 1 N–H and O–H groups in total. The van der Waals surface area contributed by atoms with Crippen molar-refractivity contribution in [3.05, 3.63) is 81.6 Å². The summed E-state index contributed by atoms with van der Waals surface area (Å²) in [5, 5.41) is 8.14. The van der Waals surface area contributed by atoms with Gasteiger partial charge in [0.25, 0.3) is 5.56 Å². The predicted molar refractivity (Wildman–Crippen MR) is 111 cm³/mol. The molecule has 138 valence electrons. The Morgan fingerprint density at radius 3 is 2.48 bits per heavy atom. The Kier molecular flexibility index (Phi) is 5.94. The van der Waals surface area contributed by atoms with Crippen molar-refractivity contribution < 1.29 is 4.74 Å². The van der Waals surface area contributed by atoms with Crippen molar-refractivity contribution in [2.24, 2.45) is 0 Å². The molecular weight excluding hydrogens is 362 g/mol. The van der Waals surface area contributed by atoms with Crippen molar-refractivity contribution in [2.45, 2.75) is 6.54 Å². The second kappa shape index (κ2) is 8.56. The van der Waals surface area contributed by atoms with E-state index in [9.17, 15) is 4.79 Å². The smallest absolute Gasteiger partial charge is 0.290 e. The highest BCUT2D eigenvalue weighted by Crippen LogP contribution is 2.21. The first-order valence-electron chi connectivity index (χ1n) is 8.47. The fourth-order valence-corrected chi connectivity index (χ4v) is 2.74. The topological polar surface area (TPSA) is 56.1 Å². The molecule has 0 fully saturated rings. The van der Waals surface area contributed by atoms with Gasteiger partial charge in [0.05, 0.1) is 19.3 Å². The third-order valence-electron chi connectivity index (χ3n) is 4.09. The molecule has 1 aromatic heterocycles. The second-order valence-electron chi connectivity index (χ2n) is 5.86. The number of halogens is 1. The monoisotopic (exact) mass is 381 g/mol. The van der Waals surface area contributed by atoms with Crippen molar-refractivity contribution in [2.75, 3.05) is 19.5 Å². The number of benzene rings is 2. The van der Waals surface area contributed by atoms with E-state index in [-0.39, 0.29) is 5.56 Å². The maximum absolute atomic E-state index is 12.5. The lowest BCUT2D eigenvalue weighted by Gasteiger charge is -2.09. The fourth-order valence-electron chi connectivity index (χ4n) is 2.61. The largest absolute Gasteiger partial charge is 0.497 e. The van der Waals surface area contributed by atoms with Gasteiger partial charge < -0.3 is 10.1 Å². The van der Waals surface area contributed by atoms with Crippen molar-refractivity contribution in [1.29, 1.82) is 0 Å². The number of ether oxygens (including phenoxy) is 1. The van der Waals surface area contributed by atoms with Crippen LogP contribution in [0, 0.1) is 0 Å². The SMILES string of the molecule is CNc1cc(-c2ccc(OC)cc2)nn(C/C=C/c2ccc(Cl)cc2)c1=O. The molecule has 0 aliphatic heterocycles. The number of allylic oxidation sites excluding steroid dienone is 1. The summed E-state index contributed by atoms with van der Waals surface area (Å²) in [6.07, 6.45) is 3.83. The van der Waals surface area contributed by atoms with Crippen molar-refractivity contribution in [3.63, 3.8) is 0 Å². The summed E-state index contributed by atoms with van der Waals surface area (Å²) >= 11 is 5.90. The Morgan fingerprint density at radius 2 is 1.85 bits per heavy atom. The summed E-state index contributed by atoms with van der Waals surface area (Å²) in [5.41, 5.74) is 2.95. The summed E-state index contributed by atoms with van der Waals surface area (Å²) in [5.74, 6) is 0.770. The molecule has 0 saturated heterocycles. The molecule has 0 unspecified atom stereocenters. The number of hydrogen-bond donors (Lipinski definition) is 1. The maximum atomic E-state index is 12.5. The summed E-state index contributed by atoms with van der Waals surface area (Å²) in [6, 6.07) is 16.8. The van der Waals surface area contributed by atoms with Gasteiger partial charge in [0.1, 0.15) is 11.4 Å². The first kappa shape index (κ1) is 18.7. The first-order valence-corrected chi connectivity index (χ1v) is 8.85. The predicted octanol–water partition coefficient (Wildman–Crippen LogP) is 4.33. The molecule has 5 nitrogen and oxygen atoms in total. The van der Waals surface area contributed by atoms with Gasteiger partial charge in [-0.3, -0.25) is 4.79 Å². The Morgan fingerprint density at radius 1 is 1.15 bits per heavy atom. The van der Waals surface area contributed by atoms with Crippen LogP contribution in [0.25, 0.3) is 17.3 Å². The van der Waals surface area contributed by atoms with E-state index >= 15 is 0 Å². The Labute approximate surface area is 162 Å². The number of nitrogens with zero attached hydrogens (tertiary/aromatic N) is 2. The number of rotatable bonds is 6. The lowest BCUT2D eigenvalue weighted by molar-refractivity contribution is 0.415. The van der Waals surface area contributed by atoms with Crippen LogP contribution in [0.4, 0.5) is 5.69 Å². The molecule has 0 amide bonds. The first-order chi connectivity index (χ1) is 13.1. The lowest BCUT2D eigenvalue weighted by Crippen LogP contribution is -2.25. The van der Waals surface area contributed by atoms with E-state index in [0.717, 1.165) is 16.9 Å². The minimum Gasteiger partial charge on any atom is -0.497 e. The third kappa shape index (κ3) is 4.57. The number of nitrogens with one attached hydrogen (secondary N) is 1. The minimum absolute atomic E-state index is 0.171. The standard InChI is InChI=1S/C21H20ClN3O2/c1-23-20-14-19(16-7-11-18(27-2)12-8-16)24-25(21(20)26)13-3-4-15-5-9-17(22)10-6-15/h3-12,14,23H,13H2,1-2H3/b4-3+. The lowest BCUT2D eigenvalue weighted by atomic mass is 10.1. The number of aromatic nitrogens is 2. The molecule has 0 aliphatic rings. The maximum Gasteiger partial charge on any atom is 0.290 e. The molecule has 27 heavy (non-hydrogen) atoms. The summed E-state index contributed by atoms with van der Waals surface area (Å²) in [4.78, 5) is 12.5. The molecule has 3 rings (SSSR count). The highest BCUT2D eigenvalue weighted by molar-refractivity contribution is 6.30. The second-order valence-corrected chi connectivity index (χ2v) is 6.30. The number of hydrogen-bond acceptors (Lipinski definition) is 4. The van der Waals surface area contributed by atoms with E-state index in [2.05, 4.69) is 10.4 Å². The average Bonchev–Trinajstić information content (AvgIpc) is 2.71. The van der Waals surface area contributed by atoms with Gasteiger partial charge in [-0.15, -0.1) is 0 Å². The molecule has 0 spiro atoms. The van der Waals surface area contributed by atoms with Gasteiger partial charge in [0, 0.05) is 17.6 Å². The van der Waals surface area contributed by atoms with Gasteiger partial charge in [-0.05, 0) is 48.0 Å². The molecule has 1 heterocycles. The van der Waals surface area contributed by atoms with Crippen LogP contribution in [0.1, 0.15) is 5.56 Å². The van der Waals surface area contributed by atoms with Crippen LogP contribution in [-0.4, -0.2) is 23.9 Å². The molecule has 6 heteroatoms. The van der Waals surface area contributed by atoms with Gasteiger partial charge >= 0.3 is 0 Å². The van der Waals surface area contributed by atoms with Crippen LogP contribution in [0.15, 0.2) is 65.5 Å². The molecule has 2 aromatic carbocycles. The molecule has 0 radical (unpaired) electrons. The van der Waals surface area contributed by atoms with Crippen LogP contribution >= 0.6 is 11.6 Å². The molecular formula is C21H20ClN3O2. The highest BCUT2D eigenvalue weighted by atomic mass is 35.5. The quantitative estimate of drug-likeness (QED) is 0.690. The minimum atomic E-state index is -0.171. The number of anilines is 1. The number of methoxy groups -OCH3 is 1. The van der Waals surface area contributed by atoms with Crippen molar-refractivity contribution in [3.8, 4) is 17.0 Å². The van der Waals surface area contributed by atoms with Crippen LogP contribution in [0.3, 0.4) is 0 Å². The van der Waals surface area contributed by atoms with E-state index in [4.69, 9.17) is 16.3 Å². The van der Waals surface area contributed by atoms with E-state index in [0.29, 0.717) is 22.9 Å². The van der Waals surface area contributed by atoms with Crippen molar-refractivity contribution >= 4 is 23.4 Å². The molecule has 0 bridgehead atoms. The highest BCUT2D eigenvalue weighted by Gasteiger charge is 2.08. The van der Waals surface area contributed by atoms with Crippen LogP contribution in [-0.2, 0) is 6.54 Å². The van der Waals surface area contributed by atoms with Gasteiger partial charge in [0.2, 0.25) is 0 Å². The summed E-state index contributed by atoms with van der Waals surface area (Å²) in [7, 11) is 3.35. The molecule has 0 aliphatic carbocycles. The normalized spacial score (nSPS) is 10.9. The zero-order chi connectivity index (χ0) is 19.2. The zero-order valence-corrected chi connectivity index (χ0v) is 15.9. The van der Waals surface area contributed by atoms with E-state index in [1.807, 2.05) is 60.7 Å². The summed E-state index contributed by atoms with van der Waals surface area (Å²) in [6.45, 7) is 0.361. The van der Waals surface area contributed by atoms with Gasteiger partial charge in [0.15, 0.2) is 0 Å². The Balaban J connectivity index is 1.89. The molecule has 3 aromatic rings. The van der Waals surface area contributed by atoms with E-state index in [1.165, 1.54) is 4.68 Å². The van der Waals surface area contributed by atoms with E-state index in [1.54, 1.807) is 20.2 Å². The van der Waals surface area contributed by atoms with Crippen LogP contribution in [0.2, 0.25) is 5.02 Å². The van der Waals surface area contributed by atoms with Crippen molar-refractivity contribution in [1.82, 2.24) is 9.78 Å². The Bertz CT molecular complexity index is 993. The van der Waals surface area contributed by atoms with Gasteiger partial charge in [-0.25, -0.2) is 4.68 Å². The van der Waals surface area contributed by atoms with Gasteiger partial charge in [-0.1, -0.05) is 35.9 Å². The van der Waals surface area contributed by atoms with Gasteiger partial charge in [-0.2, -0.15) is 5.10 Å². The molecule has 0 saturated carbocycles. The zero-order valence-electron chi connectivity index (χ0n) is 15.1. The average molecular weight is 382 g/mol. The van der Waals surface area contributed by atoms with Crippen LogP contribution < -0.4 is 15.6 Å².